The lowest BCUT2D eigenvalue weighted by molar-refractivity contribution is 0.0692. The molecule has 1 aromatic heterocycles. The van der Waals surface area contributed by atoms with Crippen LogP contribution in [0.2, 0.25) is 0 Å². The highest BCUT2D eigenvalue weighted by molar-refractivity contribution is 7.14. The highest BCUT2D eigenvalue weighted by Gasteiger charge is 2.27. The third kappa shape index (κ3) is 2.47. The number of hydrogen-bond acceptors (Lipinski definition) is 4. The molecule has 15 heavy (non-hydrogen) atoms. The molecule has 2 rings (SSSR count). The minimum atomic E-state index is -0.960. The number of carbonyl (C=O) groups is 1. The van der Waals surface area contributed by atoms with Crippen molar-refractivity contribution in [3.63, 3.8) is 0 Å². The molecule has 2 N–H and O–H groups in total. The van der Waals surface area contributed by atoms with Crippen molar-refractivity contribution in [3.05, 3.63) is 11.2 Å². The standard InChI is InChI=1S/C10H14N2O2S/c1-6(7-2-3-7)4-11-9-8(10(13)14)12-5-15-9/h5-7,11H,2-4H2,1H3,(H,13,14). The molecule has 1 saturated carbocycles. The molecule has 1 fully saturated rings. The number of carboxylic acids is 1. The van der Waals surface area contributed by atoms with E-state index in [4.69, 9.17) is 5.11 Å². The zero-order valence-corrected chi connectivity index (χ0v) is 9.38. The Morgan fingerprint density at radius 3 is 3.13 bits per heavy atom. The molecule has 1 atom stereocenters. The Morgan fingerprint density at radius 2 is 2.53 bits per heavy atom. The topological polar surface area (TPSA) is 62.2 Å². The summed E-state index contributed by atoms with van der Waals surface area (Å²) >= 11 is 1.35. The molecule has 1 aromatic rings. The van der Waals surface area contributed by atoms with E-state index in [9.17, 15) is 4.79 Å². The van der Waals surface area contributed by atoms with E-state index in [2.05, 4.69) is 17.2 Å². The smallest absolute Gasteiger partial charge is 0.357 e. The van der Waals surface area contributed by atoms with Crippen molar-refractivity contribution in [2.75, 3.05) is 11.9 Å². The first-order valence-electron chi connectivity index (χ1n) is 5.09. The van der Waals surface area contributed by atoms with E-state index in [1.54, 1.807) is 5.51 Å². The fourth-order valence-electron chi connectivity index (χ4n) is 1.61. The monoisotopic (exact) mass is 226 g/mol. The van der Waals surface area contributed by atoms with Gasteiger partial charge < -0.3 is 10.4 Å². The second-order valence-corrected chi connectivity index (χ2v) is 4.89. The largest absolute Gasteiger partial charge is 0.476 e. The van der Waals surface area contributed by atoms with Gasteiger partial charge in [0.25, 0.3) is 0 Å². The minimum Gasteiger partial charge on any atom is -0.476 e. The Bertz CT molecular complexity index is 360. The number of aromatic nitrogens is 1. The molecule has 4 nitrogen and oxygen atoms in total. The van der Waals surface area contributed by atoms with Gasteiger partial charge in [0.05, 0.1) is 5.51 Å². The Kier molecular flexibility index (Phi) is 2.90. The number of aromatic carboxylic acids is 1. The molecule has 82 valence electrons. The van der Waals surface area contributed by atoms with Crippen LogP contribution in [-0.2, 0) is 0 Å². The second kappa shape index (κ2) is 4.18. The number of anilines is 1. The van der Waals surface area contributed by atoms with Crippen LogP contribution in [0.25, 0.3) is 0 Å². The predicted octanol–water partition coefficient (Wildman–Crippen LogP) is 2.30. The maximum atomic E-state index is 10.8. The lowest BCUT2D eigenvalue weighted by atomic mass is 10.1. The molecule has 0 radical (unpaired) electrons. The third-order valence-electron chi connectivity index (χ3n) is 2.78. The summed E-state index contributed by atoms with van der Waals surface area (Å²) in [6.07, 6.45) is 2.63. The van der Waals surface area contributed by atoms with Gasteiger partial charge in [-0.1, -0.05) is 6.92 Å². The number of nitrogens with one attached hydrogen (secondary N) is 1. The van der Waals surface area contributed by atoms with Crippen LogP contribution in [0.1, 0.15) is 30.3 Å². The van der Waals surface area contributed by atoms with E-state index < -0.39 is 5.97 Å². The molecule has 1 unspecified atom stereocenters. The average Bonchev–Trinajstić information content (AvgIpc) is 2.93. The van der Waals surface area contributed by atoms with Gasteiger partial charge in [-0.15, -0.1) is 11.3 Å². The SMILES string of the molecule is CC(CNc1scnc1C(=O)O)C1CC1. The quantitative estimate of drug-likeness (QED) is 0.808. The highest BCUT2D eigenvalue weighted by atomic mass is 32.1. The molecular formula is C10H14N2O2S. The first kappa shape index (κ1) is 10.4. The van der Waals surface area contributed by atoms with Crippen LogP contribution < -0.4 is 5.32 Å². The summed E-state index contributed by atoms with van der Waals surface area (Å²) in [6, 6.07) is 0. The van der Waals surface area contributed by atoms with Crippen molar-refractivity contribution in [2.45, 2.75) is 19.8 Å². The highest BCUT2D eigenvalue weighted by Crippen LogP contribution is 2.36. The van der Waals surface area contributed by atoms with Gasteiger partial charge >= 0.3 is 5.97 Å². The molecule has 0 bridgehead atoms. The molecule has 0 saturated heterocycles. The van der Waals surface area contributed by atoms with Gasteiger partial charge in [0, 0.05) is 6.54 Å². The fourth-order valence-corrected chi connectivity index (χ4v) is 2.29. The number of hydrogen-bond donors (Lipinski definition) is 2. The van der Waals surface area contributed by atoms with Crippen molar-refractivity contribution in [1.82, 2.24) is 4.98 Å². The van der Waals surface area contributed by atoms with E-state index in [0.29, 0.717) is 10.9 Å². The lowest BCUT2D eigenvalue weighted by Crippen LogP contribution is -2.14. The van der Waals surface area contributed by atoms with Crippen LogP contribution >= 0.6 is 11.3 Å². The molecule has 0 amide bonds. The second-order valence-electron chi connectivity index (χ2n) is 4.03. The normalized spacial score (nSPS) is 17.4. The first-order valence-corrected chi connectivity index (χ1v) is 5.97. The van der Waals surface area contributed by atoms with E-state index in [-0.39, 0.29) is 5.69 Å². The molecule has 1 heterocycles. The number of carboxylic acid groups (broad SMARTS) is 1. The molecule has 5 heteroatoms. The summed E-state index contributed by atoms with van der Waals surface area (Å²) < 4.78 is 0. The summed E-state index contributed by atoms with van der Waals surface area (Å²) in [5.74, 6) is 0.491. The van der Waals surface area contributed by atoms with Gasteiger partial charge in [0.1, 0.15) is 5.00 Å². The van der Waals surface area contributed by atoms with E-state index in [1.807, 2.05) is 0 Å². The van der Waals surface area contributed by atoms with Gasteiger partial charge in [0.15, 0.2) is 5.69 Å². The Labute approximate surface area is 92.3 Å². The van der Waals surface area contributed by atoms with Crippen LogP contribution in [0.15, 0.2) is 5.51 Å². The van der Waals surface area contributed by atoms with Gasteiger partial charge in [-0.25, -0.2) is 9.78 Å². The number of rotatable bonds is 5. The van der Waals surface area contributed by atoms with E-state index in [1.165, 1.54) is 24.2 Å². The van der Waals surface area contributed by atoms with Crippen LogP contribution in [0.4, 0.5) is 5.00 Å². The summed E-state index contributed by atoms with van der Waals surface area (Å²) in [5.41, 5.74) is 1.70. The molecular weight excluding hydrogens is 212 g/mol. The number of thiazole rings is 1. The fraction of sp³-hybridized carbons (Fsp3) is 0.600. The predicted molar refractivity (Wildman–Crippen MR) is 59.5 cm³/mol. The van der Waals surface area contributed by atoms with Crippen molar-refractivity contribution in [2.24, 2.45) is 11.8 Å². The van der Waals surface area contributed by atoms with Gasteiger partial charge in [-0.2, -0.15) is 0 Å². The molecule has 0 aromatic carbocycles. The van der Waals surface area contributed by atoms with Crippen LogP contribution in [0.3, 0.4) is 0 Å². The zero-order valence-electron chi connectivity index (χ0n) is 8.56. The molecule has 0 spiro atoms. The molecule has 1 aliphatic carbocycles. The summed E-state index contributed by atoms with van der Waals surface area (Å²) in [4.78, 5) is 14.6. The van der Waals surface area contributed by atoms with Gasteiger partial charge in [-0.05, 0) is 24.7 Å². The average molecular weight is 226 g/mol. The Balaban J connectivity index is 1.92. The van der Waals surface area contributed by atoms with E-state index >= 15 is 0 Å². The molecule has 0 aliphatic heterocycles. The maximum absolute atomic E-state index is 10.8. The van der Waals surface area contributed by atoms with Crippen LogP contribution in [0.5, 0.6) is 0 Å². The van der Waals surface area contributed by atoms with Crippen LogP contribution in [-0.4, -0.2) is 22.6 Å². The molecule has 1 aliphatic rings. The van der Waals surface area contributed by atoms with Crippen molar-refractivity contribution in [1.29, 1.82) is 0 Å². The van der Waals surface area contributed by atoms with Crippen LogP contribution in [0, 0.1) is 11.8 Å². The van der Waals surface area contributed by atoms with E-state index in [0.717, 1.165) is 12.5 Å². The lowest BCUT2D eigenvalue weighted by Gasteiger charge is -2.10. The van der Waals surface area contributed by atoms with Gasteiger partial charge in [0.2, 0.25) is 0 Å². The summed E-state index contributed by atoms with van der Waals surface area (Å²) in [7, 11) is 0. The summed E-state index contributed by atoms with van der Waals surface area (Å²) in [5, 5.41) is 12.7. The maximum Gasteiger partial charge on any atom is 0.357 e. The third-order valence-corrected chi connectivity index (χ3v) is 3.57. The van der Waals surface area contributed by atoms with Crippen molar-refractivity contribution < 1.29 is 9.90 Å². The minimum absolute atomic E-state index is 0.142. The first-order chi connectivity index (χ1) is 7.18. The Morgan fingerprint density at radius 1 is 1.80 bits per heavy atom. The zero-order chi connectivity index (χ0) is 10.8. The number of nitrogens with zero attached hydrogens (tertiary/aromatic N) is 1. The van der Waals surface area contributed by atoms with Gasteiger partial charge in [-0.3, -0.25) is 0 Å². The summed E-state index contributed by atoms with van der Waals surface area (Å²) in [6.45, 7) is 3.04. The Hall–Kier alpha value is -1.10. The van der Waals surface area contributed by atoms with Crippen molar-refractivity contribution >= 4 is 22.3 Å². The van der Waals surface area contributed by atoms with Crippen molar-refractivity contribution in [3.8, 4) is 0 Å².